The van der Waals surface area contributed by atoms with Gasteiger partial charge in [0.15, 0.2) is 0 Å². The standard InChI is InChI=1S/C15H14N2O4/c1-2-7-21-15(20)11-4-6-17-13(9-11)12-8-10(14(18)19)3-5-16-12/h3-6,8-9H,2,7H2,1H3,(H,18,19). The number of esters is 1. The zero-order valence-corrected chi connectivity index (χ0v) is 11.4. The molecule has 0 fully saturated rings. The molecule has 108 valence electrons. The second-order valence-corrected chi connectivity index (χ2v) is 4.30. The average Bonchev–Trinajstić information content (AvgIpc) is 2.52. The third-order valence-electron chi connectivity index (χ3n) is 2.70. The molecule has 0 saturated heterocycles. The number of hydrogen-bond acceptors (Lipinski definition) is 5. The van der Waals surface area contributed by atoms with Crippen molar-refractivity contribution < 1.29 is 19.4 Å². The van der Waals surface area contributed by atoms with Crippen molar-refractivity contribution in [3.63, 3.8) is 0 Å². The van der Waals surface area contributed by atoms with Gasteiger partial charge in [-0.15, -0.1) is 0 Å². The van der Waals surface area contributed by atoms with E-state index in [4.69, 9.17) is 9.84 Å². The Hall–Kier alpha value is -2.76. The Bertz CT molecular complexity index is 670. The third kappa shape index (κ3) is 3.62. The first kappa shape index (κ1) is 14.6. The highest BCUT2D eigenvalue weighted by molar-refractivity contribution is 5.91. The van der Waals surface area contributed by atoms with Crippen LogP contribution in [0.1, 0.15) is 34.1 Å². The van der Waals surface area contributed by atoms with E-state index in [-0.39, 0.29) is 5.56 Å². The summed E-state index contributed by atoms with van der Waals surface area (Å²) in [5.74, 6) is -1.48. The van der Waals surface area contributed by atoms with Gasteiger partial charge in [-0.2, -0.15) is 0 Å². The summed E-state index contributed by atoms with van der Waals surface area (Å²) < 4.78 is 5.05. The first-order valence-electron chi connectivity index (χ1n) is 6.44. The molecule has 6 nitrogen and oxygen atoms in total. The third-order valence-corrected chi connectivity index (χ3v) is 2.70. The van der Waals surface area contributed by atoms with Crippen molar-refractivity contribution in [1.29, 1.82) is 0 Å². The summed E-state index contributed by atoms with van der Waals surface area (Å²) in [5, 5.41) is 8.97. The Kier molecular flexibility index (Phi) is 4.61. The highest BCUT2D eigenvalue weighted by Crippen LogP contribution is 2.17. The summed E-state index contributed by atoms with van der Waals surface area (Å²) in [7, 11) is 0. The van der Waals surface area contributed by atoms with Crippen molar-refractivity contribution in [2.45, 2.75) is 13.3 Å². The van der Waals surface area contributed by atoms with Crippen molar-refractivity contribution in [3.8, 4) is 11.4 Å². The summed E-state index contributed by atoms with van der Waals surface area (Å²) in [6.45, 7) is 2.26. The van der Waals surface area contributed by atoms with Gasteiger partial charge in [0.2, 0.25) is 0 Å². The lowest BCUT2D eigenvalue weighted by Gasteiger charge is -2.05. The predicted octanol–water partition coefficient (Wildman–Crippen LogP) is 2.41. The fourth-order valence-corrected chi connectivity index (χ4v) is 1.68. The summed E-state index contributed by atoms with van der Waals surface area (Å²) in [4.78, 5) is 30.9. The van der Waals surface area contributed by atoms with E-state index in [9.17, 15) is 9.59 Å². The minimum atomic E-state index is -1.04. The molecule has 0 aromatic carbocycles. The normalized spacial score (nSPS) is 10.1. The van der Waals surface area contributed by atoms with Gasteiger partial charge in [0.05, 0.1) is 29.1 Å². The van der Waals surface area contributed by atoms with E-state index in [1.165, 1.54) is 30.6 Å². The molecule has 0 aliphatic heterocycles. The molecular weight excluding hydrogens is 272 g/mol. The quantitative estimate of drug-likeness (QED) is 0.849. The maximum absolute atomic E-state index is 11.8. The van der Waals surface area contributed by atoms with Gasteiger partial charge >= 0.3 is 11.9 Å². The number of carbonyl (C=O) groups is 2. The molecule has 0 saturated carbocycles. The first-order valence-corrected chi connectivity index (χ1v) is 6.44. The van der Waals surface area contributed by atoms with Gasteiger partial charge in [-0.05, 0) is 30.7 Å². The van der Waals surface area contributed by atoms with Gasteiger partial charge in [-0.25, -0.2) is 9.59 Å². The molecule has 0 amide bonds. The lowest BCUT2D eigenvalue weighted by molar-refractivity contribution is 0.0504. The van der Waals surface area contributed by atoms with Gasteiger partial charge in [0, 0.05) is 12.4 Å². The minimum absolute atomic E-state index is 0.112. The number of carbonyl (C=O) groups excluding carboxylic acids is 1. The van der Waals surface area contributed by atoms with Crippen LogP contribution in [0.2, 0.25) is 0 Å². The van der Waals surface area contributed by atoms with Crippen LogP contribution in [-0.4, -0.2) is 33.6 Å². The van der Waals surface area contributed by atoms with E-state index in [0.29, 0.717) is 23.6 Å². The molecular formula is C15H14N2O4. The van der Waals surface area contributed by atoms with E-state index in [1.54, 1.807) is 6.07 Å². The maximum Gasteiger partial charge on any atom is 0.338 e. The zero-order chi connectivity index (χ0) is 15.2. The number of nitrogens with zero attached hydrogens (tertiary/aromatic N) is 2. The molecule has 2 rings (SSSR count). The molecule has 2 heterocycles. The van der Waals surface area contributed by atoms with Crippen molar-refractivity contribution >= 4 is 11.9 Å². The predicted molar refractivity (Wildman–Crippen MR) is 75.0 cm³/mol. The molecule has 6 heteroatoms. The van der Waals surface area contributed by atoms with Crippen molar-refractivity contribution in [3.05, 3.63) is 47.8 Å². The van der Waals surface area contributed by atoms with E-state index in [2.05, 4.69) is 9.97 Å². The lowest BCUT2D eigenvalue weighted by atomic mass is 10.1. The fourth-order valence-electron chi connectivity index (χ4n) is 1.68. The number of ether oxygens (including phenoxy) is 1. The van der Waals surface area contributed by atoms with Gasteiger partial charge in [-0.1, -0.05) is 6.92 Å². The number of rotatable bonds is 5. The molecule has 2 aromatic rings. The van der Waals surface area contributed by atoms with E-state index >= 15 is 0 Å². The Morgan fingerprint density at radius 1 is 1.10 bits per heavy atom. The van der Waals surface area contributed by atoms with Crippen molar-refractivity contribution in [2.75, 3.05) is 6.61 Å². The highest BCUT2D eigenvalue weighted by Gasteiger charge is 2.11. The first-order chi connectivity index (χ1) is 10.1. The number of hydrogen-bond donors (Lipinski definition) is 1. The number of aromatic carboxylic acids is 1. The summed E-state index contributed by atoms with van der Waals surface area (Å²) >= 11 is 0. The Morgan fingerprint density at radius 2 is 1.67 bits per heavy atom. The molecule has 1 N–H and O–H groups in total. The smallest absolute Gasteiger partial charge is 0.338 e. The van der Waals surface area contributed by atoms with Crippen LogP contribution in [0.4, 0.5) is 0 Å². The van der Waals surface area contributed by atoms with Crippen LogP contribution < -0.4 is 0 Å². The Labute approximate surface area is 121 Å². The second kappa shape index (κ2) is 6.60. The van der Waals surface area contributed by atoms with E-state index < -0.39 is 11.9 Å². The topological polar surface area (TPSA) is 89.4 Å². The SMILES string of the molecule is CCCOC(=O)c1ccnc(-c2cc(C(=O)O)ccn2)c1. The van der Waals surface area contributed by atoms with E-state index in [0.717, 1.165) is 6.42 Å². The second-order valence-electron chi connectivity index (χ2n) is 4.30. The lowest BCUT2D eigenvalue weighted by Crippen LogP contribution is -2.06. The average molecular weight is 286 g/mol. The molecule has 21 heavy (non-hydrogen) atoms. The van der Waals surface area contributed by atoms with Gasteiger partial charge in [-0.3, -0.25) is 9.97 Å². The minimum Gasteiger partial charge on any atom is -0.478 e. The van der Waals surface area contributed by atoms with Gasteiger partial charge in [0.1, 0.15) is 0 Å². The van der Waals surface area contributed by atoms with Crippen molar-refractivity contribution in [2.24, 2.45) is 0 Å². The van der Waals surface area contributed by atoms with Crippen molar-refractivity contribution in [1.82, 2.24) is 9.97 Å². The Balaban J connectivity index is 2.30. The maximum atomic E-state index is 11.8. The molecule has 2 aromatic heterocycles. The number of aromatic nitrogens is 2. The number of carboxylic acids is 1. The van der Waals surface area contributed by atoms with Gasteiger partial charge < -0.3 is 9.84 Å². The fraction of sp³-hybridized carbons (Fsp3) is 0.200. The molecule has 0 bridgehead atoms. The Morgan fingerprint density at radius 3 is 2.24 bits per heavy atom. The highest BCUT2D eigenvalue weighted by atomic mass is 16.5. The van der Waals surface area contributed by atoms with Crippen LogP contribution >= 0.6 is 0 Å². The zero-order valence-electron chi connectivity index (χ0n) is 11.4. The van der Waals surface area contributed by atoms with Crippen LogP contribution in [-0.2, 0) is 4.74 Å². The van der Waals surface area contributed by atoms with Crippen LogP contribution in [0.15, 0.2) is 36.7 Å². The molecule has 0 aliphatic carbocycles. The van der Waals surface area contributed by atoms with Crippen LogP contribution in [0.5, 0.6) is 0 Å². The summed E-state index contributed by atoms with van der Waals surface area (Å²) in [6, 6.07) is 5.88. The number of carboxylic acid groups (broad SMARTS) is 1. The monoisotopic (exact) mass is 286 g/mol. The largest absolute Gasteiger partial charge is 0.478 e. The molecule has 0 unspecified atom stereocenters. The van der Waals surface area contributed by atoms with Gasteiger partial charge in [0.25, 0.3) is 0 Å². The van der Waals surface area contributed by atoms with Crippen LogP contribution in [0.25, 0.3) is 11.4 Å². The van der Waals surface area contributed by atoms with Crippen LogP contribution in [0, 0.1) is 0 Å². The molecule has 0 aliphatic rings. The van der Waals surface area contributed by atoms with Crippen LogP contribution in [0.3, 0.4) is 0 Å². The molecule has 0 atom stereocenters. The summed E-state index contributed by atoms with van der Waals surface area (Å²) in [6.07, 6.45) is 3.60. The molecule has 0 radical (unpaired) electrons. The van der Waals surface area contributed by atoms with E-state index in [1.807, 2.05) is 6.92 Å². The summed E-state index contributed by atoms with van der Waals surface area (Å²) in [5.41, 5.74) is 1.28. The molecule has 0 spiro atoms. The number of pyridine rings is 2.